The third kappa shape index (κ3) is 7.54. The molecule has 5 rings (SSSR count). The van der Waals surface area contributed by atoms with Crippen molar-refractivity contribution in [1.29, 1.82) is 0 Å². The van der Waals surface area contributed by atoms with Crippen molar-refractivity contribution in [2.24, 2.45) is 5.92 Å². The van der Waals surface area contributed by atoms with Crippen LogP contribution in [0.2, 0.25) is 0 Å². The molecule has 4 nitrogen and oxygen atoms in total. The fraction of sp³-hybridized carbons (Fsp3) is 0.216. The smallest absolute Gasteiger partial charge is 0.318 e. The summed E-state index contributed by atoms with van der Waals surface area (Å²) in [5, 5.41) is 0. The Labute approximate surface area is 262 Å². The molecule has 0 heterocycles. The molecule has 4 aromatic rings. The van der Waals surface area contributed by atoms with Crippen LogP contribution in [-0.4, -0.2) is 17.5 Å². The summed E-state index contributed by atoms with van der Waals surface area (Å²) in [6, 6.07) is 38.9. The molecule has 0 bridgehead atoms. The second-order valence-electron chi connectivity index (χ2n) is 10.8. The van der Waals surface area contributed by atoms with E-state index in [1.807, 2.05) is 147 Å². The van der Waals surface area contributed by atoms with Gasteiger partial charge in [0, 0.05) is 20.4 Å². The fourth-order valence-corrected chi connectivity index (χ4v) is 5.46. The van der Waals surface area contributed by atoms with Gasteiger partial charge < -0.3 is 9.47 Å². The Balaban J connectivity index is 0.00000405. The van der Waals surface area contributed by atoms with Crippen LogP contribution in [0.4, 0.5) is 0 Å². The maximum Gasteiger partial charge on any atom is 0.318 e. The molecule has 0 fully saturated rings. The molecule has 1 radical (unpaired) electrons. The Kier molecular flexibility index (Phi) is 10.7. The summed E-state index contributed by atoms with van der Waals surface area (Å²) in [6.07, 6.45) is 5.89. The van der Waals surface area contributed by atoms with Crippen LogP contribution in [0.5, 0.6) is 0 Å². The van der Waals surface area contributed by atoms with Crippen LogP contribution in [0.1, 0.15) is 60.8 Å². The molecule has 5 heteroatoms. The summed E-state index contributed by atoms with van der Waals surface area (Å²) in [4.78, 5) is 27.1. The van der Waals surface area contributed by atoms with Gasteiger partial charge in [0.1, 0.15) is 17.4 Å². The van der Waals surface area contributed by atoms with E-state index in [9.17, 15) is 9.59 Å². The third-order valence-electron chi connectivity index (χ3n) is 7.75. The van der Waals surface area contributed by atoms with Gasteiger partial charge in [-0.15, -0.1) is 18.1 Å². The summed E-state index contributed by atoms with van der Waals surface area (Å²) in [6.45, 7) is 3.79. The van der Waals surface area contributed by atoms with E-state index >= 15 is 0 Å². The molecule has 0 saturated carbocycles. The van der Waals surface area contributed by atoms with Gasteiger partial charge in [0.05, 0.1) is 0 Å². The quantitative estimate of drug-likeness (QED) is 0.0996. The van der Waals surface area contributed by atoms with Crippen LogP contribution in [-0.2, 0) is 39.5 Å². The zero-order valence-electron chi connectivity index (χ0n) is 23.9. The number of rotatable bonds is 9. The van der Waals surface area contributed by atoms with Gasteiger partial charge in [-0.1, -0.05) is 128 Å². The maximum absolute atomic E-state index is 13.6. The van der Waals surface area contributed by atoms with Gasteiger partial charge in [-0.25, -0.2) is 0 Å². The molecule has 0 unspecified atom stereocenters. The van der Waals surface area contributed by atoms with E-state index in [-0.39, 0.29) is 38.3 Å². The Hall–Kier alpha value is -3.78. The van der Waals surface area contributed by atoms with Gasteiger partial charge in [-0.05, 0) is 41.7 Å². The van der Waals surface area contributed by atoms with Crippen LogP contribution in [0.25, 0.3) is 0 Å². The van der Waals surface area contributed by atoms with Gasteiger partial charge in [0.25, 0.3) is 5.97 Å². The monoisotopic (exact) mass is 730 g/mol. The summed E-state index contributed by atoms with van der Waals surface area (Å²) in [5.41, 5.74) is 2.82. The van der Waals surface area contributed by atoms with Crippen LogP contribution in [0.3, 0.4) is 0 Å². The van der Waals surface area contributed by atoms with Crippen molar-refractivity contribution in [2.75, 3.05) is 0 Å². The van der Waals surface area contributed by atoms with Gasteiger partial charge >= 0.3 is 5.97 Å². The van der Waals surface area contributed by atoms with Crippen molar-refractivity contribution in [3.63, 3.8) is 0 Å². The minimum Gasteiger partial charge on any atom is -0.633 e. The van der Waals surface area contributed by atoms with E-state index in [1.54, 1.807) is 0 Å². The van der Waals surface area contributed by atoms with Crippen LogP contribution >= 0.6 is 0 Å². The number of carbonyl (C=O) groups is 2. The number of benzene rings is 4. The number of ether oxygens (including phenoxy) is 2. The van der Waals surface area contributed by atoms with Crippen molar-refractivity contribution in [3.8, 4) is 0 Å². The SMILES string of the molecule is C[C-](OC(=O)C(c1ccccc1)c1ccccc1)[C@H]1C=C[C@](C)(OC(=O)C(c2ccccc2)c2ccccc2)CC1.[Re]. The van der Waals surface area contributed by atoms with E-state index in [2.05, 4.69) is 0 Å². The average molecular weight is 730 g/mol. The van der Waals surface area contributed by atoms with E-state index in [4.69, 9.17) is 9.47 Å². The number of hydrogen-bond donors (Lipinski definition) is 0. The van der Waals surface area contributed by atoms with Crippen LogP contribution in [0, 0.1) is 12.0 Å². The standard InChI is InChI=1S/C37H35O4.Re/c1-27(40-35(38)33(29-15-7-3-8-16-29)30-17-9-4-10-18-30)28-23-25-37(2,26-24-28)41-36(39)34(31-19-11-5-12-20-31)32-21-13-6-14-22-32;/h3-23,25,28,33-34H,24,26H2,1-2H3;/q-1;/t28-,37-;/m0./s1. The van der Waals surface area contributed by atoms with Crippen molar-refractivity contribution >= 4 is 11.9 Å². The number of carbonyl (C=O) groups excluding carboxylic acids is 2. The molecule has 0 aromatic heterocycles. The molecule has 0 N–H and O–H groups in total. The number of hydrogen-bond acceptors (Lipinski definition) is 4. The molecule has 0 aliphatic heterocycles. The molecule has 0 amide bonds. The summed E-state index contributed by atoms with van der Waals surface area (Å²) >= 11 is 0. The van der Waals surface area contributed by atoms with Crippen molar-refractivity contribution in [2.45, 2.75) is 44.1 Å². The Morgan fingerprint density at radius 2 is 1.07 bits per heavy atom. The first-order valence-corrected chi connectivity index (χ1v) is 14.1. The van der Waals surface area contributed by atoms with Gasteiger partial charge in [0.15, 0.2) is 0 Å². The van der Waals surface area contributed by atoms with Crippen molar-refractivity contribution < 1.29 is 39.5 Å². The van der Waals surface area contributed by atoms with E-state index in [0.29, 0.717) is 18.9 Å². The molecule has 1 aliphatic rings. The molecule has 0 spiro atoms. The van der Waals surface area contributed by atoms with Gasteiger partial charge in [-0.2, -0.15) is 6.92 Å². The first-order chi connectivity index (χ1) is 19.9. The first kappa shape index (κ1) is 31.2. The van der Waals surface area contributed by atoms with E-state index in [1.165, 1.54) is 0 Å². The zero-order chi connectivity index (χ0) is 28.7. The molecular formula is C37H35O4Re-. The van der Waals surface area contributed by atoms with Crippen molar-refractivity contribution in [3.05, 3.63) is 162 Å². The molecule has 2 atom stereocenters. The summed E-state index contributed by atoms with van der Waals surface area (Å²) in [7, 11) is 0. The van der Waals surface area contributed by atoms with E-state index in [0.717, 1.165) is 22.3 Å². The third-order valence-corrected chi connectivity index (χ3v) is 7.75. The normalized spacial score (nSPS) is 18.0. The Morgan fingerprint density at radius 3 is 1.43 bits per heavy atom. The van der Waals surface area contributed by atoms with Crippen LogP contribution < -0.4 is 0 Å². The zero-order valence-corrected chi connectivity index (χ0v) is 26.6. The molecule has 42 heavy (non-hydrogen) atoms. The minimum absolute atomic E-state index is 0. The fourth-order valence-electron chi connectivity index (χ4n) is 5.46. The predicted octanol–water partition coefficient (Wildman–Crippen LogP) is 8.01. The molecule has 4 aromatic carbocycles. The summed E-state index contributed by atoms with van der Waals surface area (Å²) in [5.74, 6) is -1.67. The van der Waals surface area contributed by atoms with E-state index < -0.39 is 17.4 Å². The Bertz CT molecular complexity index is 1380. The van der Waals surface area contributed by atoms with Crippen molar-refractivity contribution in [1.82, 2.24) is 0 Å². The second-order valence-corrected chi connectivity index (χ2v) is 10.8. The molecule has 215 valence electrons. The topological polar surface area (TPSA) is 52.6 Å². The number of esters is 2. The Morgan fingerprint density at radius 1 is 0.690 bits per heavy atom. The average Bonchev–Trinajstić information content (AvgIpc) is 3.00. The van der Waals surface area contributed by atoms with Gasteiger partial charge in [-0.3, -0.25) is 9.59 Å². The summed E-state index contributed by atoms with van der Waals surface area (Å²) < 4.78 is 12.2. The van der Waals surface area contributed by atoms with Crippen LogP contribution in [0.15, 0.2) is 133 Å². The molecular weight excluding hydrogens is 695 g/mol. The first-order valence-electron chi connectivity index (χ1n) is 14.1. The largest absolute Gasteiger partial charge is 0.633 e. The molecule has 0 saturated heterocycles. The van der Waals surface area contributed by atoms with Gasteiger partial charge in [0.2, 0.25) is 0 Å². The maximum atomic E-state index is 13.6. The predicted molar refractivity (Wildman–Crippen MR) is 161 cm³/mol. The molecule has 1 aliphatic carbocycles. The minimum atomic E-state index is -0.754. The second kappa shape index (κ2) is 14.4.